The van der Waals surface area contributed by atoms with E-state index in [4.69, 9.17) is 0 Å². The maximum absolute atomic E-state index is 12.7. The fourth-order valence-corrected chi connectivity index (χ4v) is 4.40. The molecular weight excluding hydrogens is 402 g/mol. The van der Waals surface area contributed by atoms with Gasteiger partial charge in [0.15, 0.2) is 0 Å². The Kier molecular flexibility index (Phi) is 7.84. The number of anilines is 1. The molecule has 0 radical (unpaired) electrons. The first-order valence-electron chi connectivity index (χ1n) is 10.1. The summed E-state index contributed by atoms with van der Waals surface area (Å²) >= 11 is 1.31. The van der Waals surface area contributed by atoms with Crippen molar-refractivity contribution >= 4 is 35.0 Å². The lowest BCUT2D eigenvalue weighted by atomic mass is 9.89. The third-order valence-electron chi connectivity index (χ3n) is 5.12. The van der Waals surface area contributed by atoms with Crippen molar-refractivity contribution in [2.24, 2.45) is 5.92 Å². The summed E-state index contributed by atoms with van der Waals surface area (Å²) in [6.07, 6.45) is 6.11. The zero-order valence-corrected chi connectivity index (χ0v) is 17.5. The minimum atomic E-state index is -0.509. The first kappa shape index (κ1) is 21.8. The molecule has 0 unspecified atom stereocenters. The fourth-order valence-electron chi connectivity index (χ4n) is 3.52. The molecule has 0 saturated heterocycles. The Balaban J connectivity index is 1.57. The number of nitro groups is 1. The van der Waals surface area contributed by atoms with Crippen LogP contribution in [0.5, 0.6) is 0 Å². The van der Waals surface area contributed by atoms with Crippen LogP contribution in [0.2, 0.25) is 0 Å². The Morgan fingerprint density at radius 2 is 1.83 bits per heavy atom. The van der Waals surface area contributed by atoms with Crippen molar-refractivity contribution in [1.82, 2.24) is 5.32 Å². The molecule has 158 valence electrons. The highest BCUT2D eigenvalue weighted by atomic mass is 32.2. The number of non-ortho nitro benzene ring substituents is 1. The zero-order chi connectivity index (χ0) is 21.3. The molecule has 3 rings (SSSR count). The second-order valence-corrected chi connectivity index (χ2v) is 8.37. The Labute approximate surface area is 179 Å². The van der Waals surface area contributed by atoms with E-state index in [-0.39, 0.29) is 23.3 Å². The molecule has 0 atom stereocenters. The van der Waals surface area contributed by atoms with Gasteiger partial charge in [-0.1, -0.05) is 37.5 Å². The van der Waals surface area contributed by atoms with Crippen LogP contribution in [-0.2, 0) is 4.79 Å². The van der Waals surface area contributed by atoms with Crippen LogP contribution in [0.15, 0.2) is 53.4 Å². The first-order valence-corrected chi connectivity index (χ1v) is 11.1. The maximum Gasteiger partial charge on any atom is 0.271 e. The summed E-state index contributed by atoms with van der Waals surface area (Å²) in [5.74, 6) is 0.384. The molecule has 1 aliphatic rings. The molecular formula is C22H25N3O4S. The monoisotopic (exact) mass is 427 g/mol. The van der Waals surface area contributed by atoms with Crippen LogP contribution < -0.4 is 10.6 Å². The molecule has 0 bridgehead atoms. The van der Waals surface area contributed by atoms with Gasteiger partial charge in [-0.25, -0.2) is 0 Å². The van der Waals surface area contributed by atoms with Crippen molar-refractivity contribution in [1.29, 1.82) is 0 Å². The van der Waals surface area contributed by atoms with Crippen molar-refractivity contribution in [2.45, 2.75) is 37.0 Å². The Morgan fingerprint density at radius 1 is 1.07 bits per heavy atom. The normalized spacial score (nSPS) is 14.1. The Morgan fingerprint density at radius 3 is 2.60 bits per heavy atom. The molecule has 0 heterocycles. The van der Waals surface area contributed by atoms with E-state index in [1.165, 1.54) is 62.1 Å². The number of carbonyl (C=O) groups is 2. The van der Waals surface area contributed by atoms with E-state index in [1.54, 1.807) is 24.3 Å². The lowest BCUT2D eigenvalue weighted by Gasteiger charge is -2.21. The summed E-state index contributed by atoms with van der Waals surface area (Å²) in [6, 6.07) is 12.8. The van der Waals surface area contributed by atoms with Gasteiger partial charge < -0.3 is 10.6 Å². The molecule has 1 saturated carbocycles. The molecule has 1 aliphatic carbocycles. The van der Waals surface area contributed by atoms with Gasteiger partial charge >= 0.3 is 0 Å². The minimum absolute atomic E-state index is 0.0422. The summed E-state index contributed by atoms with van der Waals surface area (Å²) in [6.45, 7) is 0.717. The maximum atomic E-state index is 12.7. The van der Waals surface area contributed by atoms with Crippen molar-refractivity contribution < 1.29 is 14.5 Å². The number of nitro benzene ring substituents is 1. The van der Waals surface area contributed by atoms with Gasteiger partial charge in [0.05, 0.1) is 16.2 Å². The van der Waals surface area contributed by atoms with Crippen LogP contribution in [0.1, 0.15) is 42.5 Å². The fraction of sp³-hybridized carbons (Fsp3) is 0.364. The molecule has 0 aliphatic heterocycles. The van der Waals surface area contributed by atoms with Crippen LogP contribution in [0.3, 0.4) is 0 Å². The molecule has 0 aromatic heterocycles. The average Bonchev–Trinajstić information content (AvgIpc) is 2.77. The number of nitrogens with one attached hydrogen (secondary N) is 2. The lowest BCUT2D eigenvalue weighted by molar-refractivity contribution is -0.384. The van der Waals surface area contributed by atoms with Gasteiger partial charge in [0.25, 0.3) is 11.6 Å². The van der Waals surface area contributed by atoms with Gasteiger partial charge in [-0.05, 0) is 37.0 Å². The summed E-state index contributed by atoms with van der Waals surface area (Å²) in [5, 5.41) is 16.6. The van der Waals surface area contributed by atoms with Crippen LogP contribution in [0, 0.1) is 16.0 Å². The number of amides is 2. The summed E-state index contributed by atoms with van der Waals surface area (Å²) < 4.78 is 0. The van der Waals surface area contributed by atoms with Gasteiger partial charge in [0.1, 0.15) is 0 Å². The van der Waals surface area contributed by atoms with Crippen molar-refractivity contribution in [2.75, 3.05) is 17.6 Å². The van der Waals surface area contributed by atoms with Gasteiger partial charge in [0, 0.05) is 29.3 Å². The van der Waals surface area contributed by atoms with Crippen molar-refractivity contribution in [3.8, 4) is 0 Å². The van der Waals surface area contributed by atoms with E-state index in [0.717, 1.165) is 0 Å². The van der Waals surface area contributed by atoms with Crippen molar-refractivity contribution in [3.05, 3.63) is 64.2 Å². The van der Waals surface area contributed by atoms with Crippen LogP contribution in [0.4, 0.5) is 11.4 Å². The van der Waals surface area contributed by atoms with E-state index in [1.807, 2.05) is 6.07 Å². The highest BCUT2D eigenvalue weighted by Gasteiger charge is 2.16. The van der Waals surface area contributed by atoms with Crippen LogP contribution in [0.25, 0.3) is 0 Å². The van der Waals surface area contributed by atoms with E-state index in [9.17, 15) is 19.7 Å². The first-order chi connectivity index (χ1) is 14.5. The predicted molar refractivity (Wildman–Crippen MR) is 118 cm³/mol. The van der Waals surface area contributed by atoms with E-state index < -0.39 is 4.92 Å². The number of hydrogen-bond donors (Lipinski definition) is 2. The zero-order valence-electron chi connectivity index (χ0n) is 16.6. The van der Waals surface area contributed by atoms with Gasteiger partial charge in [-0.2, -0.15) is 0 Å². The highest BCUT2D eigenvalue weighted by Crippen LogP contribution is 2.25. The lowest BCUT2D eigenvalue weighted by Crippen LogP contribution is -2.31. The topological polar surface area (TPSA) is 101 Å². The largest absolute Gasteiger partial charge is 0.355 e. The van der Waals surface area contributed by atoms with Gasteiger partial charge in [-0.15, -0.1) is 11.8 Å². The molecule has 30 heavy (non-hydrogen) atoms. The Hall–Kier alpha value is -2.87. The predicted octanol–water partition coefficient (Wildman–Crippen LogP) is 4.64. The summed E-state index contributed by atoms with van der Waals surface area (Å²) in [4.78, 5) is 36.0. The van der Waals surface area contributed by atoms with Gasteiger partial charge in [0.2, 0.25) is 5.91 Å². The highest BCUT2D eigenvalue weighted by molar-refractivity contribution is 8.00. The number of thioether (sulfide) groups is 1. The van der Waals surface area contributed by atoms with E-state index >= 15 is 0 Å². The number of rotatable bonds is 8. The number of carbonyl (C=O) groups excluding carboxylic acids is 2. The second kappa shape index (κ2) is 10.8. The van der Waals surface area contributed by atoms with Crippen molar-refractivity contribution in [3.63, 3.8) is 0 Å². The standard InChI is InChI=1S/C22H25N3O4S/c26-21(23-14-16-7-2-1-3-8-16)15-30-20-12-5-4-11-19(20)22(27)24-17-9-6-10-18(13-17)25(28)29/h4-6,9-13,16H,1-3,7-8,14-15H2,(H,23,26)(H,24,27). The molecule has 0 spiro atoms. The third kappa shape index (κ3) is 6.32. The number of nitrogens with zero attached hydrogens (tertiary/aromatic N) is 1. The SMILES string of the molecule is O=C(CSc1ccccc1C(=O)Nc1cccc([N+](=O)[O-])c1)NCC1CCCCC1. The van der Waals surface area contributed by atoms with E-state index in [0.29, 0.717) is 28.6 Å². The molecule has 2 amide bonds. The molecule has 2 aromatic carbocycles. The smallest absolute Gasteiger partial charge is 0.271 e. The number of hydrogen-bond acceptors (Lipinski definition) is 5. The van der Waals surface area contributed by atoms with Crippen LogP contribution in [-0.4, -0.2) is 29.0 Å². The molecule has 8 heteroatoms. The minimum Gasteiger partial charge on any atom is -0.355 e. The summed E-state index contributed by atoms with van der Waals surface area (Å²) in [7, 11) is 0. The molecule has 2 aromatic rings. The van der Waals surface area contributed by atoms with Gasteiger partial charge in [-0.3, -0.25) is 19.7 Å². The summed E-state index contributed by atoms with van der Waals surface area (Å²) in [5.41, 5.74) is 0.679. The van der Waals surface area contributed by atoms with Crippen LogP contribution >= 0.6 is 11.8 Å². The number of benzene rings is 2. The Bertz CT molecular complexity index is 913. The molecule has 1 fully saturated rings. The average molecular weight is 428 g/mol. The third-order valence-corrected chi connectivity index (χ3v) is 6.19. The molecule has 2 N–H and O–H groups in total. The second-order valence-electron chi connectivity index (χ2n) is 7.35. The molecule has 7 nitrogen and oxygen atoms in total. The van der Waals surface area contributed by atoms with E-state index in [2.05, 4.69) is 10.6 Å². The quantitative estimate of drug-likeness (QED) is 0.363.